The van der Waals surface area contributed by atoms with Gasteiger partial charge in [0.25, 0.3) is 0 Å². The lowest BCUT2D eigenvalue weighted by Gasteiger charge is -2.15. The number of rotatable bonds is 3. The second-order valence-corrected chi connectivity index (χ2v) is 5.99. The van der Waals surface area contributed by atoms with Crippen molar-refractivity contribution in [3.63, 3.8) is 0 Å². The van der Waals surface area contributed by atoms with Gasteiger partial charge < -0.3 is 9.64 Å². The third kappa shape index (κ3) is 3.66. The van der Waals surface area contributed by atoms with Gasteiger partial charge in [0.05, 0.1) is 0 Å². The molecule has 0 spiro atoms. The number of likely N-dealkylation sites (tertiary alicyclic amines) is 1. The minimum Gasteiger partial charge on any atom is -0.445 e. The topological polar surface area (TPSA) is 63.7 Å². The van der Waals surface area contributed by atoms with Crippen LogP contribution in [0.25, 0.3) is 0 Å². The summed E-state index contributed by atoms with van der Waals surface area (Å²) in [6, 6.07) is 9.12. The molecule has 19 heavy (non-hydrogen) atoms. The van der Waals surface area contributed by atoms with Gasteiger partial charge in [0, 0.05) is 13.1 Å². The van der Waals surface area contributed by atoms with Crippen LogP contribution in [-0.4, -0.2) is 37.8 Å². The van der Waals surface area contributed by atoms with E-state index in [-0.39, 0.29) is 26.1 Å². The Labute approximate surface area is 111 Å². The summed E-state index contributed by atoms with van der Waals surface area (Å²) in [5, 5.41) is -1.13. The molecule has 1 atom stereocenters. The molecule has 2 rings (SSSR count). The van der Waals surface area contributed by atoms with Crippen LogP contribution in [0.15, 0.2) is 30.3 Å². The van der Waals surface area contributed by atoms with Gasteiger partial charge in [-0.2, -0.15) is 8.42 Å². The third-order valence-electron chi connectivity index (χ3n) is 3.01. The van der Waals surface area contributed by atoms with Crippen molar-refractivity contribution >= 4 is 16.3 Å². The second kappa shape index (κ2) is 5.56. The van der Waals surface area contributed by atoms with Crippen LogP contribution in [0.3, 0.4) is 0 Å². The van der Waals surface area contributed by atoms with E-state index in [1.807, 2.05) is 30.3 Å². The minimum absolute atomic E-state index is 0.110. The quantitative estimate of drug-likeness (QED) is 0.794. The predicted molar refractivity (Wildman–Crippen MR) is 66.6 cm³/mol. The number of hydrogen-bond acceptors (Lipinski definition) is 4. The Hall–Kier alpha value is -1.63. The Morgan fingerprint density at radius 2 is 2.05 bits per heavy atom. The van der Waals surface area contributed by atoms with Crippen LogP contribution in [0.5, 0.6) is 0 Å². The molecular formula is C12H14FNO4S. The molecule has 1 aromatic carbocycles. The third-order valence-corrected chi connectivity index (χ3v) is 4.19. The van der Waals surface area contributed by atoms with Crippen LogP contribution in [0.4, 0.5) is 8.68 Å². The monoisotopic (exact) mass is 287 g/mol. The zero-order valence-electron chi connectivity index (χ0n) is 10.2. The highest BCUT2D eigenvalue weighted by Crippen LogP contribution is 2.19. The zero-order valence-corrected chi connectivity index (χ0v) is 11.0. The van der Waals surface area contributed by atoms with E-state index in [0.717, 1.165) is 5.56 Å². The SMILES string of the molecule is O=C(OCc1ccccc1)N1CC[C@H](S(=O)(=O)F)C1. The molecule has 0 bridgehead atoms. The molecule has 0 radical (unpaired) electrons. The van der Waals surface area contributed by atoms with Gasteiger partial charge in [-0.3, -0.25) is 0 Å². The summed E-state index contributed by atoms with van der Waals surface area (Å²) in [5.41, 5.74) is 0.838. The first-order valence-electron chi connectivity index (χ1n) is 5.86. The maximum Gasteiger partial charge on any atom is 0.410 e. The normalized spacial score (nSPS) is 19.4. The molecule has 0 N–H and O–H groups in total. The molecule has 0 unspecified atom stereocenters. The van der Waals surface area contributed by atoms with Gasteiger partial charge in [-0.25, -0.2) is 4.79 Å². The van der Waals surface area contributed by atoms with Crippen LogP contribution < -0.4 is 0 Å². The molecule has 1 aliphatic rings. The van der Waals surface area contributed by atoms with Gasteiger partial charge >= 0.3 is 16.3 Å². The minimum atomic E-state index is -4.59. The van der Waals surface area contributed by atoms with Crippen molar-refractivity contribution in [3.8, 4) is 0 Å². The summed E-state index contributed by atoms with van der Waals surface area (Å²) in [5.74, 6) is 0. The van der Waals surface area contributed by atoms with Crippen LogP contribution in [-0.2, 0) is 21.6 Å². The first-order chi connectivity index (χ1) is 8.97. The first kappa shape index (κ1) is 13.8. The molecule has 0 aliphatic carbocycles. The number of carbonyl (C=O) groups excluding carboxylic acids is 1. The fourth-order valence-corrected chi connectivity index (χ4v) is 2.68. The Morgan fingerprint density at radius 3 is 2.63 bits per heavy atom. The van der Waals surface area contributed by atoms with E-state index in [4.69, 9.17) is 4.74 Å². The van der Waals surface area contributed by atoms with Gasteiger partial charge in [0.15, 0.2) is 0 Å². The van der Waals surface area contributed by atoms with E-state index in [1.165, 1.54) is 4.90 Å². The van der Waals surface area contributed by atoms with E-state index < -0.39 is 21.6 Å². The summed E-state index contributed by atoms with van der Waals surface area (Å²) in [7, 11) is -4.59. The Morgan fingerprint density at radius 1 is 1.37 bits per heavy atom. The lowest BCUT2D eigenvalue weighted by molar-refractivity contribution is 0.104. The van der Waals surface area contributed by atoms with Gasteiger partial charge in [0.1, 0.15) is 11.9 Å². The van der Waals surface area contributed by atoms with Crippen molar-refractivity contribution in [2.24, 2.45) is 0 Å². The molecule has 1 fully saturated rings. The molecule has 1 saturated heterocycles. The molecule has 1 amide bonds. The Bertz CT molecular complexity index is 546. The van der Waals surface area contributed by atoms with Gasteiger partial charge in [-0.1, -0.05) is 30.3 Å². The van der Waals surface area contributed by atoms with E-state index in [1.54, 1.807) is 0 Å². The number of ether oxygens (including phenoxy) is 1. The van der Waals surface area contributed by atoms with Crippen molar-refractivity contribution in [3.05, 3.63) is 35.9 Å². The molecule has 1 aliphatic heterocycles. The predicted octanol–water partition coefficient (Wildman–Crippen LogP) is 1.70. The number of halogens is 1. The number of amides is 1. The average Bonchev–Trinajstić information content (AvgIpc) is 2.87. The molecule has 1 heterocycles. The lowest BCUT2D eigenvalue weighted by atomic mass is 10.2. The van der Waals surface area contributed by atoms with E-state index >= 15 is 0 Å². The summed E-state index contributed by atoms with van der Waals surface area (Å²) in [6.45, 7) is 0.164. The largest absolute Gasteiger partial charge is 0.445 e. The van der Waals surface area contributed by atoms with Gasteiger partial charge in [0.2, 0.25) is 0 Å². The van der Waals surface area contributed by atoms with Crippen LogP contribution in [0.2, 0.25) is 0 Å². The van der Waals surface area contributed by atoms with Gasteiger partial charge in [-0.15, -0.1) is 3.89 Å². The Kier molecular flexibility index (Phi) is 4.04. The smallest absolute Gasteiger partial charge is 0.410 e. The summed E-state index contributed by atoms with van der Waals surface area (Å²) in [6.07, 6.45) is -0.505. The van der Waals surface area contributed by atoms with Crippen molar-refractivity contribution in [1.29, 1.82) is 0 Å². The van der Waals surface area contributed by atoms with Crippen molar-refractivity contribution in [2.75, 3.05) is 13.1 Å². The Balaban J connectivity index is 1.85. The fraction of sp³-hybridized carbons (Fsp3) is 0.417. The molecule has 0 saturated carbocycles. The van der Waals surface area contributed by atoms with Crippen molar-refractivity contribution < 1.29 is 21.8 Å². The number of carbonyl (C=O) groups is 1. The van der Waals surface area contributed by atoms with E-state index in [0.29, 0.717) is 0 Å². The molecular weight excluding hydrogens is 273 g/mol. The van der Waals surface area contributed by atoms with Crippen LogP contribution in [0, 0.1) is 0 Å². The maximum absolute atomic E-state index is 12.8. The molecule has 0 aromatic heterocycles. The first-order valence-corrected chi connectivity index (χ1v) is 7.30. The maximum atomic E-state index is 12.8. The number of hydrogen-bond donors (Lipinski definition) is 0. The number of nitrogens with zero attached hydrogens (tertiary/aromatic N) is 1. The van der Waals surface area contributed by atoms with Crippen molar-refractivity contribution in [2.45, 2.75) is 18.3 Å². The second-order valence-electron chi connectivity index (χ2n) is 4.37. The van der Waals surface area contributed by atoms with Crippen LogP contribution >= 0.6 is 0 Å². The summed E-state index contributed by atoms with van der Waals surface area (Å²) >= 11 is 0. The highest BCUT2D eigenvalue weighted by Gasteiger charge is 2.35. The molecule has 104 valence electrons. The summed E-state index contributed by atoms with van der Waals surface area (Å²) < 4.78 is 39.3. The molecule has 5 nitrogen and oxygen atoms in total. The number of benzene rings is 1. The van der Waals surface area contributed by atoms with Crippen LogP contribution in [0.1, 0.15) is 12.0 Å². The van der Waals surface area contributed by atoms with Gasteiger partial charge in [-0.05, 0) is 12.0 Å². The standard InChI is InChI=1S/C12H14FNO4S/c13-19(16,17)11-6-7-14(8-11)12(15)18-9-10-4-2-1-3-5-10/h1-5,11H,6-9H2/t11-/m0/s1. The lowest BCUT2D eigenvalue weighted by Crippen LogP contribution is -2.31. The zero-order chi connectivity index (χ0) is 13.9. The highest BCUT2D eigenvalue weighted by molar-refractivity contribution is 7.87. The van der Waals surface area contributed by atoms with E-state index in [9.17, 15) is 17.1 Å². The fourth-order valence-electron chi connectivity index (χ4n) is 1.93. The summed E-state index contributed by atoms with van der Waals surface area (Å²) in [4.78, 5) is 12.9. The van der Waals surface area contributed by atoms with E-state index in [2.05, 4.69) is 0 Å². The highest BCUT2D eigenvalue weighted by atomic mass is 32.3. The van der Waals surface area contributed by atoms with Crippen molar-refractivity contribution in [1.82, 2.24) is 4.90 Å². The molecule has 1 aromatic rings. The molecule has 7 heteroatoms. The average molecular weight is 287 g/mol.